The number of hydrogen-bond acceptors (Lipinski definition) is 4. The van der Waals surface area contributed by atoms with Crippen LogP contribution in [0.2, 0.25) is 0 Å². The molecule has 0 unspecified atom stereocenters. The lowest BCUT2D eigenvalue weighted by atomic mass is 10.2. The minimum atomic E-state index is -0.982. The van der Waals surface area contributed by atoms with Crippen molar-refractivity contribution in [3.8, 4) is 11.5 Å². The van der Waals surface area contributed by atoms with E-state index in [1.165, 1.54) is 12.1 Å². The van der Waals surface area contributed by atoms with Crippen LogP contribution in [0.25, 0.3) is 22.6 Å². The molecule has 6 nitrogen and oxygen atoms in total. The largest absolute Gasteiger partial charge is 0.478 e. The first kappa shape index (κ1) is 11.5. The highest BCUT2D eigenvalue weighted by Crippen LogP contribution is 2.26. The summed E-state index contributed by atoms with van der Waals surface area (Å²) in [5.41, 5.74) is 3.01. The highest BCUT2D eigenvalue weighted by molar-refractivity contribution is 5.92. The molecule has 0 saturated carbocycles. The molecule has 1 N–H and O–H groups in total. The van der Waals surface area contributed by atoms with Gasteiger partial charge in [-0.15, -0.1) is 0 Å². The third kappa shape index (κ3) is 1.77. The molecule has 0 spiro atoms. The maximum Gasteiger partial charge on any atom is 0.335 e. The van der Waals surface area contributed by atoms with Crippen molar-refractivity contribution in [2.45, 2.75) is 6.92 Å². The van der Waals surface area contributed by atoms with Crippen molar-refractivity contribution in [3.05, 3.63) is 35.7 Å². The summed E-state index contributed by atoms with van der Waals surface area (Å²) in [6, 6.07) is 4.60. The minimum Gasteiger partial charge on any atom is -0.478 e. The smallest absolute Gasteiger partial charge is 0.335 e. The Bertz CT molecular complexity index is 786. The van der Waals surface area contributed by atoms with Crippen LogP contribution in [-0.2, 0) is 7.05 Å². The average Bonchev–Trinajstić information content (AvgIpc) is 2.93. The molecule has 0 radical (unpaired) electrons. The molecule has 0 bridgehead atoms. The summed E-state index contributed by atoms with van der Waals surface area (Å²) in [5.74, 6) is -0.535. The van der Waals surface area contributed by atoms with Crippen LogP contribution in [0, 0.1) is 6.92 Å². The van der Waals surface area contributed by atoms with Crippen LogP contribution in [0.3, 0.4) is 0 Å². The zero-order valence-electron chi connectivity index (χ0n) is 10.4. The van der Waals surface area contributed by atoms with Crippen molar-refractivity contribution in [1.82, 2.24) is 14.8 Å². The van der Waals surface area contributed by atoms with Crippen LogP contribution in [0.1, 0.15) is 16.1 Å². The fraction of sp³-hybridized carbons (Fsp3) is 0.154. The van der Waals surface area contributed by atoms with Gasteiger partial charge < -0.3 is 9.52 Å². The van der Waals surface area contributed by atoms with Gasteiger partial charge in [0.1, 0.15) is 5.52 Å². The molecule has 3 rings (SSSR count). The van der Waals surface area contributed by atoms with Crippen molar-refractivity contribution < 1.29 is 14.3 Å². The summed E-state index contributed by atoms with van der Waals surface area (Å²) in [6.45, 7) is 1.92. The van der Waals surface area contributed by atoms with Crippen LogP contribution in [0.5, 0.6) is 0 Å². The summed E-state index contributed by atoms with van der Waals surface area (Å²) in [5, 5.41) is 13.1. The fourth-order valence-electron chi connectivity index (χ4n) is 1.88. The lowest BCUT2D eigenvalue weighted by Gasteiger charge is -1.94. The Morgan fingerprint density at radius 2 is 2.21 bits per heavy atom. The van der Waals surface area contributed by atoms with E-state index in [9.17, 15) is 4.79 Å². The second kappa shape index (κ2) is 3.94. The van der Waals surface area contributed by atoms with Crippen LogP contribution in [0.15, 0.2) is 28.8 Å². The molecule has 0 aliphatic carbocycles. The predicted octanol–water partition coefficient (Wildman–Crippen LogP) is 2.23. The van der Waals surface area contributed by atoms with Crippen LogP contribution >= 0.6 is 0 Å². The summed E-state index contributed by atoms with van der Waals surface area (Å²) < 4.78 is 7.35. The van der Waals surface area contributed by atoms with Gasteiger partial charge in [-0.05, 0) is 25.1 Å². The molecule has 1 aromatic carbocycles. The topological polar surface area (TPSA) is 81.2 Å². The quantitative estimate of drug-likeness (QED) is 0.761. The number of aromatic carboxylic acids is 1. The first-order chi connectivity index (χ1) is 9.06. The molecule has 2 aromatic heterocycles. The highest BCUT2D eigenvalue weighted by atomic mass is 16.4. The summed E-state index contributed by atoms with van der Waals surface area (Å²) in [7, 11) is 1.84. The van der Waals surface area contributed by atoms with Crippen LogP contribution in [-0.4, -0.2) is 25.8 Å². The number of rotatable bonds is 2. The van der Waals surface area contributed by atoms with E-state index in [0.717, 1.165) is 11.3 Å². The van der Waals surface area contributed by atoms with Gasteiger partial charge in [0.2, 0.25) is 5.89 Å². The molecule has 0 saturated heterocycles. The van der Waals surface area contributed by atoms with Crippen LogP contribution in [0.4, 0.5) is 0 Å². The Kier molecular flexibility index (Phi) is 2.38. The van der Waals surface area contributed by atoms with Crippen molar-refractivity contribution in [2.24, 2.45) is 7.05 Å². The number of oxazole rings is 1. The molecule has 0 atom stereocenters. The Labute approximate surface area is 108 Å². The Hall–Kier alpha value is -2.63. The predicted molar refractivity (Wildman–Crippen MR) is 67.9 cm³/mol. The van der Waals surface area contributed by atoms with Gasteiger partial charge in [-0.25, -0.2) is 9.78 Å². The fourth-order valence-corrected chi connectivity index (χ4v) is 1.88. The second-order valence-electron chi connectivity index (χ2n) is 4.27. The van der Waals surface area contributed by atoms with Gasteiger partial charge in [-0.3, -0.25) is 4.68 Å². The maximum absolute atomic E-state index is 10.9. The standard InChI is InChI=1S/C13H11N3O3/c1-7-9(6-14-16(7)2)12-15-10-5-8(13(17)18)3-4-11(10)19-12/h3-6H,1-2H3,(H,17,18). The van der Waals surface area contributed by atoms with Gasteiger partial charge in [-0.2, -0.15) is 5.10 Å². The summed E-state index contributed by atoms with van der Waals surface area (Å²) in [4.78, 5) is 15.2. The minimum absolute atomic E-state index is 0.190. The first-order valence-electron chi connectivity index (χ1n) is 5.69. The zero-order chi connectivity index (χ0) is 13.6. The number of aromatic nitrogens is 3. The number of fused-ring (bicyclic) bond motifs is 1. The Morgan fingerprint density at radius 1 is 1.42 bits per heavy atom. The van der Waals surface area contributed by atoms with E-state index in [1.807, 2.05) is 14.0 Å². The van der Waals surface area contributed by atoms with E-state index in [0.29, 0.717) is 17.0 Å². The molecular formula is C13H11N3O3. The van der Waals surface area contributed by atoms with Gasteiger partial charge in [0.15, 0.2) is 5.58 Å². The molecule has 0 amide bonds. The lowest BCUT2D eigenvalue weighted by Crippen LogP contribution is -1.94. The van der Waals surface area contributed by atoms with E-state index in [4.69, 9.17) is 9.52 Å². The number of benzene rings is 1. The second-order valence-corrected chi connectivity index (χ2v) is 4.27. The lowest BCUT2D eigenvalue weighted by molar-refractivity contribution is 0.0697. The SMILES string of the molecule is Cc1c(-c2nc3cc(C(=O)O)ccc3o2)cnn1C. The molecular weight excluding hydrogens is 246 g/mol. The molecule has 0 fully saturated rings. The van der Waals surface area contributed by atoms with E-state index in [2.05, 4.69) is 10.1 Å². The molecule has 2 heterocycles. The normalized spacial score (nSPS) is 11.1. The van der Waals surface area contributed by atoms with Gasteiger partial charge in [-0.1, -0.05) is 0 Å². The number of carbonyl (C=O) groups is 1. The molecule has 6 heteroatoms. The number of aryl methyl sites for hydroxylation is 1. The summed E-state index contributed by atoms with van der Waals surface area (Å²) in [6.07, 6.45) is 1.68. The Balaban J connectivity index is 2.16. The first-order valence-corrected chi connectivity index (χ1v) is 5.69. The highest BCUT2D eigenvalue weighted by Gasteiger charge is 2.14. The molecule has 3 aromatic rings. The number of carboxylic acid groups (broad SMARTS) is 1. The van der Waals surface area contributed by atoms with E-state index in [-0.39, 0.29) is 5.56 Å². The van der Waals surface area contributed by atoms with Crippen molar-refractivity contribution in [2.75, 3.05) is 0 Å². The number of nitrogens with zero attached hydrogens (tertiary/aromatic N) is 3. The van der Waals surface area contributed by atoms with E-state index >= 15 is 0 Å². The average molecular weight is 257 g/mol. The van der Waals surface area contributed by atoms with Crippen LogP contribution < -0.4 is 0 Å². The monoisotopic (exact) mass is 257 g/mol. The van der Waals surface area contributed by atoms with Gasteiger partial charge >= 0.3 is 5.97 Å². The maximum atomic E-state index is 10.9. The van der Waals surface area contributed by atoms with E-state index in [1.54, 1.807) is 16.9 Å². The molecule has 96 valence electrons. The van der Waals surface area contributed by atoms with Gasteiger partial charge in [0.05, 0.1) is 17.3 Å². The van der Waals surface area contributed by atoms with E-state index < -0.39 is 5.97 Å². The Morgan fingerprint density at radius 3 is 2.84 bits per heavy atom. The van der Waals surface area contributed by atoms with Gasteiger partial charge in [0, 0.05) is 12.7 Å². The molecule has 0 aliphatic heterocycles. The van der Waals surface area contributed by atoms with Crippen molar-refractivity contribution in [3.63, 3.8) is 0 Å². The summed E-state index contributed by atoms with van der Waals surface area (Å²) >= 11 is 0. The van der Waals surface area contributed by atoms with Crippen molar-refractivity contribution in [1.29, 1.82) is 0 Å². The third-order valence-corrected chi connectivity index (χ3v) is 3.10. The van der Waals surface area contributed by atoms with Crippen molar-refractivity contribution >= 4 is 17.1 Å². The molecule has 19 heavy (non-hydrogen) atoms. The van der Waals surface area contributed by atoms with Gasteiger partial charge in [0.25, 0.3) is 0 Å². The zero-order valence-corrected chi connectivity index (χ0v) is 10.4. The molecule has 0 aliphatic rings. The third-order valence-electron chi connectivity index (χ3n) is 3.10. The number of hydrogen-bond donors (Lipinski definition) is 1. The number of carboxylic acids is 1.